The van der Waals surface area contributed by atoms with Crippen LogP contribution in [0, 0.1) is 0 Å². The smallest absolute Gasteiger partial charge is 0.266 e. The van der Waals surface area contributed by atoms with Gasteiger partial charge in [-0.25, -0.2) is 0 Å². The van der Waals surface area contributed by atoms with E-state index in [9.17, 15) is 4.79 Å². The van der Waals surface area contributed by atoms with E-state index in [0.717, 1.165) is 22.2 Å². The molecule has 0 spiro atoms. The number of likely N-dealkylation sites (N-methyl/N-ethyl adjacent to an activating group) is 2. The fourth-order valence-electron chi connectivity index (χ4n) is 3.66. The van der Waals surface area contributed by atoms with Gasteiger partial charge in [0.15, 0.2) is 5.17 Å². The third kappa shape index (κ3) is 3.46. The maximum Gasteiger partial charge on any atom is 0.266 e. The molecule has 28 heavy (non-hydrogen) atoms. The summed E-state index contributed by atoms with van der Waals surface area (Å²) in [5.74, 6) is 0.769. The predicted octanol–water partition coefficient (Wildman–Crippen LogP) is 4.64. The number of thioether (sulfide) groups is 1. The third-order valence-corrected chi connectivity index (χ3v) is 6.40. The van der Waals surface area contributed by atoms with Gasteiger partial charge in [0, 0.05) is 43.0 Å². The molecule has 0 saturated carbocycles. The number of benzene rings is 1. The van der Waals surface area contributed by atoms with Crippen molar-refractivity contribution in [1.82, 2.24) is 4.90 Å². The molecule has 0 radical (unpaired) electrons. The summed E-state index contributed by atoms with van der Waals surface area (Å²) in [6.45, 7) is 11.8. The Kier molecular flexibility index (Phi) is 5.62. The van der Waals surface area contributed by atoms with Gasteiger partial charge in [-0.15, -0.1) is 0 Å². The molecule has 1 aromatic carbocycles. The summed E-state index contributed by atoms with van der Waals surface area (Å²) < 4.78 is 5.68. The van der Waals surface area contributed by atoms with E-state index in [0.29, 0.717) is 18.0 Å². The number of amides is 1. The average molecular weight is 400 g/mol. The highest BCUT2D eigenvalue weighted by Gasteiger charge is 2.33. The first-order valence-corrected chi connectivity index (χ1v) is 10.5. The summed E-state index contributed by atoms with van der Waals surface area (Å²) in [5, 5.41) is 0.774. The lowest BCUT2D eigenvalue weighted by Crippen LogP contribution is -2.42. The first-order chi connectivity index (χ1) is 13.2. The first-order valence-electron chi connectivity index (χ1n) is 9.65. The van der Waals surface area contributed by atoms with Crippen molar-refractivity contribution in [3.05, 3.63) is 34.2 Å². The Morgan fingerprint density at radius 2 is 2.00 bits per heavy atom. The highest BCUT2D eigenvalue weighted by molar-refractivity contribution is 8.18. The fraction of sp³-hybridized carbons (Fsp3) is 0.455. The Morgan fingerprint density at radius 1 is 1.29 bits per heavy atom. The minimum atomic E-state index is -0.0630. The number of amidine groups is 1. The lowest BCUT2D eigenvalue weighted by Gasteiger charge is -2.41. The van der Waals surface area contributed by atoms with Crippen molar-refractivity contribution in [1.29, 1.82) is 0 Å². The Bertz CT molecular complexity index is 899. The van der Waals surface area contributed by atoms with Crippen LogP contribution in [0.15, 0.2) is 28.1 Å². The van der Waals surface area contributed by atoms with Gasteiger partial charge in [-0.05, 0) is 64.1 Å². The molecule has 3 rings (SSSR count). The quantitative estimate of drug-likeness (QED) is 0.692. The van der Waals surface area contributed by atoms with Crippen LogP contribution in [0.2, 0.25) is 0 Å². The Balaban J connectivity index is 2.09. The van der Waals surface area contributed by atoms with Gasteiger partial charge in [-0.1, -0.05) is 6.08 Å². The molecule has 150 valence electrons. The van der Waals surface area contributed by atoms with Crippen molar-refractivity contribution < 1.29 is 9.53 Å². The van der Waals surface area contributed by atoms with Gasteiger partial charge in [0.1, 0.15) is 5.75 Å². The molecule has 2 aliphatic rings. The molecule has 2 heterocycles. The molecule has 0 aliphatic carbocycles. The van der Waals surface area contributed by atoms with E-state index in [-0.39, 0.29) is 11.4 Å². The lowest BCUT2D eigenvalue weighted by molar-refractivity contribution is -0.122. The van der Waals surface area contributed by atoms with E-state index in [1.54, 1.807) is 12.0 Å². The van der Waals surface area contributed by atoms with Crippen molar-refractivity contribution in [2.45, 2.75) is 40.2 Å². The van der Waals surface area contributed by atoms with Crippen LogP contribution in [0.3, 0.4) is 0 Å². The van der Waals surface area contributed by atoms with Crippen LogP contribution in [0.4, 0.5) is 5.69 Å². The third-order valence-electron chi connectivity index (χ3n) is 5.35. The number of methoxy groups -OCH3 is 1. The van der Waals surface area contributed by atoms with Crippen LogP contribution in [0.1, 0.15) is 45.7 Å². The predicted molar refractivity (Wildman–Crippen MR) is 120 cm³/mol. The molecule has 1 saturated heterocycles. The second-order valence-electron chi connectivity index (χ2n) is 7.57. The zero-order valence-electron chi connectivity index (χ0n) is 17.8. The molecule has 0 atom stereocenters. The molecule has 0 N–H and O–H groups in total. The number of aliphatic imine (C=N–C) groups is 1. The van der Waals surface area contributed by atoms with Crippen LogP contribution in [-0.2, 0) is 4.79 Å². The SMILES string of the molecule is CCN=C1S/C(=C/c2cc3c(cc2OC)N(C)C(C)(C)C=C3C)C(=O)N1CC. The van der Waals surface area contributed by atoms with Crippen LogP contribution < -0.4 is 9.64 Å². The summed E-state index contributed by atoms with van der Waals surface area (Å²) in [7, 11) is 3.77. The van der Waals surface area contributed by atoms with Crippen molar-refractivity contribution >= 4 is 40.2 Å². The molecule has 1 aromatic rings. The molecule has 5 nitrogen and oxygen atoms in total. The number of fused-ring (bicyclic) bond motifs is 1. The maximum atomic E-state index is 12.8. The second kappa shape index (κ2) is 7.66. The zero-order chi connectivity index (χ0) is 20.6. The molecule has 0 aromatic heterocycles. The second-order valence-corrected chi connectivity index (χ2v) is 8.58. The van der Waals surface area contributed by atoms with Crippen LogP contribution in [0.25, 0.3) is 11.6 Å². The Labute approximate surface area is 172 Å². The molecular formula is C22H29N3O2S. The van der Waals surface area contributed by atoms with Gasteiger partial charge >= 0.3 is 0 Å². The lowest BCUT2D eigenvalue weighted by atomic mass is 9.88. The van der Waals surface area contributed by atoms with Gasteiger partial charge in [0.25, 0.3) is 5.91 Å². The van der Waals surface area contributed by atoms with Crippen LogP contribution >= 0.6 is 11.8 Å². The summed E-state index contributed by atoms with van der Waals surface area (Å²) in [6, 6.07) is 4.19. The summed E-state index contributed by atoms with van der Waals surface area (Å²) >= 11 is 1.44. The number of hydrogen-bond donors (Lipinski definition) is 0. The van der Waals surface area contributed by atoms with Crippen molar-refractivity contribution in [3.8, 4) is 5.75 Å². The van der Waals surface area contributed by atoms with E-state index in [1.807, 2.05) is 19.9 Å². The molecule has 1 fully saturated rings. The van der Waals surface area contributed by atoms with Crippen LogP contribution in [-0.4, -0.2) is 48.8 Å². The fourth-order valence-corrected chi connectivity index (χ4v) is 4.76. The van der Waals surface area contributed by atoms with E-state index in [1.165, 1.54) is 22.9 Å². The number of carbonyl (C=O) groups is 1. The van der Waals surface area contributed by atoms with Crippen molar-refractivity contribution in [2.75, 3.05) is 32.1 Å². The number of hydrogen-bond acceptors (Lipinski definition) is 5. The molecule has 2 aliphatic heterocycles. The van der Waals surface area contributed by atoms with Gasteiger partial charge in [-0.3, -0.25) is 14.7 Å². The van der Waals surface area contributed by atoms with Crippen molar-refractivity contribution in [3.63, 3.8) is 0 Å². The Hall–Kier alpha value is -2.21. The summed E-state index contributed by atoms with van der Waals surface area (Å²) in [6.07, 6.45) is 4.21. The highest BCUT2D eigenvalue weighted by Crippen LogP contribution is 2.42. The number of nitrogens with zero attached hydrogens (tertiary/aromatic N) is 3. The van der Waals surface area contributed by atoms with E-state index in [2.05, 4.69) is 55.9 Å². The molecular weight excluding hydrogens is 370 g/mol. The number of anilines is 1. The van der Waals surface area contributed by atoms with Gasteiger partial charge in [0.05, 0.1) is 17.6 Å². The van der Waals surface area contributed by atoms with Gasteiger partial charge < -0.3 is 9.64 Å². The molecule has 0 bridgehead atoms. The summed E-state index contributed by atoms with van der Waals surface area (Å²) in [5.41, 5.74) is 4.38. The molecule has 0 unspecified atom stereocenters. The summed E-state index contributed by atoms with van der Waals surface area (Å²) in [4.78, 5) is 21.9. The van der Waals surface area contributed by atoms with Crippen LogP contribution in [0.5, 0.6) is 5.75 Å². The largest absolute Gasteiger partial charge is 0.496 e. The molecule has 1 amide bonds. The Morgan fingerprint density at radius 3 is 2.61 bits per heavy atom. The number of carbonyl (C=O) groups excluding carboxylic acids is 1. The molecule has 6 heteroatoms. The number of rotatable bonds is 4. The normalized spacial score (nSPS) is 21.4. The van der Waals surface area contributed by atoms with E-state index in [4.69, 9.17) is 4.74 Å². The zero-order valence-corrected chi connectivity index (χ0v) is 18.6. The topological polar surface area (TPSA) is 45.1 Å². The number of ether oxygens (including phenoxy) is 1. The first kappa shape index (κ1) is 20.5. The maximum absolute atomic E-state index is 12.8. The standard InChI is InChI=1S/C22H29N3O2S/c1-8-23-21-25(9-2)20(26)19(28-21)11-15-10-16-14(3)13-22(4,5)24(6)17(16)12-18(15)27-7/h10-13H,8-9H2,1-7H3/b19-11+,23-21?. The monoisotopic (exact) mass is 399 g/mol. The minimum absolute atomic E-state index is 0.00462. The van der Waals surface area contributed by atoms with Gasteiger partial charge in [0.2, 0.25) is 0 Å². The number of allylic oxidation sites excluding steroid dienone is 1. The van der Waals surface area contributed by atoms with E-state index >= 15 is 0 Å². The minimum Gasteiger partial charge on any atom is -0.496 e. The van der Waals surface area contributed by atoms with Gasteiger partial charge in [-0.2, -0.15) is 0 Å². The average Bonchev–Trinajstić information content (AvgIpc) is 2.94. The highest BCUT2D eigenvalue weighted by atomic mass is 32.2. The van der Waals surface area contributed by atoms with Crippen molar-refractivity contribution in [2.24, 2.45) is 4.99 Å². The van der Waals surface area contributed by atoms with E-state index < -0.39 is 0 Å².